The first kappa shape index (κ1) is 14.3. The Kier molecular flexibility index (Phi) is 4.02. The molecule has 0 atom stereocenters. The molecule has 1 aliphatic heterocycles. The zero-order valence-electron chi connectivity index (χ0n) is 11.2. The minimum atomic E-state index is -0.257. The number of imidazole rings is 1. The Morgan fingerprint density at radius 1 is 1.40 bits per heavy atom. The molecule has 2 heterocycles. The second-order valence-corrected chi connectivity index (χ2v) is 6.44. The highest BCUT2D eigenvalue weighted by Crippen LogP contribution is 2.31. The first-order valence-corrected chi connectivity index (χ1v) is 8.03. The summed E-state index contributed by atoms with van der Waals surface area (Å²) in [4.78, 5) is 6.86. The molecule has 6 heteroatoms. The smallest absolute Gasteiger partial charge is 0.139 e. The number of halogens is 3. The van der Waals surface area contributed by atoms with Crippen LogP contribution in [0.1, 0.15) is 24.7 Å². The Balaban J connectivity index is 2.10. The van der Waals surface area contributed by atoms with Gasteiger partial charge in [0.15, 0.2) is 0 Å². The molecule has 0 saturated carbocycles. The normalized spacial score (nSPS) is 18.0. The van der Waals surface area contributed by atoms with E-state index >= 15 is 0 Å². The average Bonchev–Trinajstić information content (AvgIpc) is 2.78. The third-order valence-electron chi connectivity index (χ3n) is 3.98. The first-order chi connectivity index (χ1) is 9.60. The maximum absolute atomic E-state index is 13.8. The molecule has 0 unspecified atom stereocenters. The van der Waals surface area contributed by atoms with Crippen LogP contribution in [0.25, 0.3) is 11.0 Å². The van der Waals surface area contributed by atoms with Crippen LogP contribution in [0.4, 0.5) is 4.39 Å². The number of nitrogens with zero attached hydrogens (tertiary/aromatic N) is 3. The third kappa shape index (κ3) is 2.47. The van der Waals surface area contributed by atoms with E-state index in [1.807, 2.05) is 0 Å². The van der Waals surface area contributed by atoms with E-state index in [1.165, 1.54) is 0 Å². The van der Waals surface area contributed by atoms with Crippen molar-refractivity contribution >= 4 is 38.6 Å². The van der Waals surface area contributed by atoms with Gasteiger partial charge in [-0.1, -0.05) is 0 Å². The molecule has 1 aliphatic rings. The summed E-state index contributed by atoms with van der Waals surface area (Å²) >= 11 is 9.24. The van der Waals surface area contributed by atoms with Crippen LogP contribution < -0.4 is 0 Å². The summed E-state index contributed by atoms with van der Waals surface area (Å²) in [5, 5.41) is 0. The van der Waals surface area contributed by atoms with Crippen molar-refractivity contribution in [3.63, 3.8) is 0 Å². The van der Waals surface area contributed by atoms with Gasteiger partial charge in [0.05, 0.1) is 21.4 Å². The predicted molar refractivity (Wildman–Crippen MR) is 82.7 cm³/mol. The average molecular weight is 361 g/mol. The fourth-order valence-electron chi connectivity index (χ4n) is 2.90. The Bertz CT molecular complexity index is 635. The summed E-state index contributed by atoms with van der Waals surface area (Å²) in [5.41, 5.74) is 1.64. The largest absolute Gasteiger partial charge is 0.324 e. The van der Waals surface area contributed by atoms with E-state index in [-0.39, 0.29) is 5.82 Å². The second kappa shape index (κ2) is 5.62. The van der Waals surface area contributed by atoms with Crippen LogP contribution in [-0.2, 0) is 5.88 Å². The van der Waals surface area contributed by atoms with Gasteiger partial charge >= 0.3 is 0 Å². The molecule has 2 aromatic rings. The maximum atomic E-state index is 13.8. The van der Waals surface area contributed by atoms with E-state index in [9.17, 15) is 4.39 Å². The van der Waals surface area contributed by atoms with Gasteiger partial charge in [0.2, 0.25) is 0 Å². The number of fused-ring (bicyclic) bond motifs is 1. The molecule has 0 bridgehead atoms. The molecule has 108 valence electrons. The molecule has 0 N–H and O–H groups in total. The van der Waals surface area contributed by atoms with Crippen LogP contribution in [0.15, 0.2) is 16.6 Å². The molecule has 0 amide bonds. The number of likely N-dealkylation sites (tertiary alicyclic amines) is 1. The molecule has 0 aliphatic carbocycles. The van der Waals surface area contributed by atoms with Gasteiger partial charge in [-0.3, -0.25) is 0 Å². The molecule has 20 heavy (non-hydrogen) atoms. The minimum absolute atomic E-state index is 0.257. The van der Waals surface area contributed by atoms with Gasteiger partial charge in [-0.25, -0.2) is 9.37 Å². The fourth-order valence-corrected chi connectivity index (χ4v) is 3.41. The van der Waals surface area contributed by atoms with Gasteiger partial charge in [0.1, 0.15) is 11.6 Å². The molecule has 3 nitrogen and oxygen atoms in total. The summed E-state index contributed by atoms with van der Waals surface area (Å²) in [6, 6.07) is 3.64. The van der Waals surface area contributed by atoms with Crippen molar-refractivity contribution in [1.29, 1.82) is 0 Å². The fraction of sp³-hybridized carbons (Fsp3) is 0.500. The van der Waals surface area contributed by atoms with Gasteiger partial charge in [0, 0.05) is 12.1 Å². The molecule has 3 rings (SSSR count). The van der Waals surface area contributed by atoms with Crippen molar-refractivity contribution in [3.05, 3.63) is 28.2 Å². The molecule has 1 aromatic carbocycles. The Morgan fingerprint density at radius 2 is 2.10 bits per heavy atom. The summed E-state index contributed by atoms with van der Waals surface area (Å²) in [5.74, 6) is 0.918. The number of hydrogen-bond donors (Lipinski definition) is 0. The van der Waals surface area contributed by atoms with E-state index in [1.54, 1.807) is 12.1 Å². The van der Waals surface area contributed by atoms with Crippen molar-refractivity contribution in [2.24, 2.45) is 0 Å². The highest BCUT2D eigenvalue weighted by molar-refractivity contribution is 9.10. The monoisotopic (exact) mass is 359 g/mol. The van der Waals surface area contributed by atoms with Gasteiger partial charge in [-0.2, -0.15) is 0 Å². The van der Waals surface area contributed by atoms with E-state index in [4.69, 9.17) is 11.6 Å². The zero-order chi connectivity index (χ0) is 14.3. The predicted octanol–water partition coefficient (Wildman–Crippen LogP) is 3.94. The SMILES string of the molecule is CN1CCC(n2c(CCl)nc3cc(Br)c(F)cc32)CC1. The van der Waals surface area contributed by atoms with Crippen LogP contribution in [0, 0.1) is 5.82 Å². The third-order valence-corrected chi connectivity index (χ3v) is 4.82. The van der Waals surface area contributed by atoms with Gasteiger partial charge in [-0.05, 0) is 55.0 Å². The van der Waals surface area contributed by atoms with Crippen molar-refractivity contribution in [2.45, 2.75) is 24.8 Å². The summed E-state index contributed by atoms with van der Waals surface area (Å²) in [7, 11) is 2.13. The highest BCUT2D eigenvalue weighted by Gasteiger charge is 2.23. The van der Waals surface area contributed by atoms with E-state index in [0.29, 0.717) is 16.4 Å². The number of benzene rings is 1. The quantitative estimate of drug-likeness (QED) is 0.756. The lowest BCUT2D eigenvalue weighted by Gasteiger charge is -2.31. The van der Waals surface area contributed by atoms with E-state index in [0.717, 1.165) is 42.8 Å². The number of alkyl halides is 1. The standard InChI is InChI=1S/C14H16BrClFN3/c1-19-4-2-9(3-5-19)20-13-7-11(17)10(15)6-12(13)18-14(20)8-16/h6-7,9H,2-5,8H2,1H3. The minimum Gasteiger partial charge on any atom is -0.324 e. The molecule has 0 spiro atoms. The Labute approximate surface area is 130 Å². The summed E-state index contributed by atoms with van der Waals surface area (Å²) in [6.45, 7) is 2.09. The van der Waals surface area contributed by atoms with Crippen molar-refractivity contribution in [3.8, 4) is 0 Å². The van der Waals surface area contributed by atoms with Crippen LogP contribution >= 0.6 is 27.5 Å². The molecule has 0 radical (unpaired) electrons. The van der Waals surface area contributed by atoms with Crippen LogP contribution in [0.2, 0.25) is 0 Å². The number of aromatic nitrogens is 2. The molecule has 1 fully saturated rings. The summed E-state index contributed by atoms with van der Waals surface area (Å²) in [6.07, 6.45) is 2.09. The maximum Gasteiger partial charge on any atom is 0.139 e. The lowest BCUT2D eigenvalue weighted by molar-refractivity contribution is 0.222. The highest BCUT2D eigenvalue weighted by atomic mass is 79.9. The first-order valence-electron chi connectivity index (χ1n) is 6.70. The van der Waals surface area contributed by atoms with Crippen molar-refractivity contribution in [1.82, 2.24) is 14.5 Å². The lowest BCUT2D eigenvalue weighted by atomic mass is 10.0. The number of rotatable bonds is 2. The van der Waals surface area contributed by atoms with Gasteiger partial charge in [-0.15, -0.1) is 11.6 Å². The molecular formula is C14H16BrClFN3. The van der Waals surface area contributed by atoms with Crippen molar-refractivity contribution in [2.75, 3.05) is 20.1 Å². The summed E-state index contributed by atoms with van der Waals surface area (Å²) < 4.78 is 16.4. The Hall–Kier alpha value is -0.650. The molecule has 1 saturated heterocycles. The van der Waals surface area contributed by atoms with Crippen molar-refractivity contribution < 1.29 is 4.39 Å². The van der Waals surface area contributed by atoms with Crippen LogP contribution in [0.3, 0.4) is 0 Å². The van der Waals surface area contributed by atoms with Crippen LogP contribution in [0.5, 0.6) is 0 Å². The molecular weight excluding hydrogens is 345 g/mol. The van der Waals surface area contributed by atoms with Gasteiger partial charge < -0.3 is 9.47 Å². The van der Waals surface area contributed by atoms with Crippen LogP contribution in [-0.4, -0.2) is 34.6 Å². The zero-order valence-corrected chi connectivity index (χ0v) is 13.6. The van der Waals surface area contributed by atoms with E-state index in [2.05, 4.69) is 37.4 Å². The number of hydrogen-bond acceptors (Lipinski definition) is 2. The second-order valence-electron chi connectivity index (χ2n) is 5.32. The van der Waals surface area contributed by atoms with Gasteiger partial charge in [0.25, 0.3) is 0 Å². The topological polar surface area (TPSA) is 21.1 Å². The Morgan fingerprint density at radius 3 is 2.75 bits per heavy atom. The van der Waals surface area contributed by atoms with E-state index < -0.39 is 0 Å². The lowest BCUT2D eigenvalue weighted by Crippen LogP contribution is -2.32. The molecule has 1 aromatic heterocycles. The number of piperidine rings is 1.